The lowest BCUT2D eigenvalue weighted by atomic mass is 10.0. The quantitative estimate of drug-likeness (QED) is 0.424. The summed E-state index contributed by atoms with van der Waals surface area (Å²) in [5.41, 5.74) is -0.145. The molecule has 12 heteroatoms. The zero-order valence-corrected chi connectivity index (χ0v) is 19.9. The number of hydrogen-bond acceptors (Lipinski definition) is 6. The number of carbonyl (C=O) groups excluding carboxylic acids is 1. The molecule has 194 valence electrons. The highest BCUT2D eigenvalue weighted by molar-refractivity contribution is 5.96. The molecular weight excluding hydrogens is 480 g/mol. The Bertz CT molecular complexity index is 1220. The highest BCUT2D eigenvalue weighted by atomic mass is 19.4. The topological polar surface area (TPSA) is 94.8 Å². The summed E-state index contributed by atoms with van der Waals surface area (Å²) in [6.07, 6.45) is -0.757. The van der Waals surface area contributed by atoms with E-state index >= 15 is 0 Å². The molecule has 3 N–H and O–H groups in total. The van der Waals surface area contributed by atoms with Gasteiger partial charge in [-0.2, -0.15) is 18.3 Å². The van der Waals surface area contributed by atoms with E-state index in [1.165, 1.54) is 30.0 Å². The summed E-state index contributed by atoms with van der Waals surface area (Å²) >= 11 is 0. The second kappa shape index (κ2) is 10.4. The van der Waals surface area contributed by atoms with Gasteiger partial charge in [0.15, 0.2) is 5.65 Å². The Hall–Kier alpha value is -3.25. The molecule has 36 heavy (non-hydrogen) atoms. The Morgan fingerprint density at radius 1 is 1.25 bits per heavy atom. The predicted octanol–water partition coefficient (Wildman–Crippen LogP) is 3.32. The number of benzene rings is 1. The fraction of sp³-hybridized carbons (Fsp3) is 0.458. The van der Waals surface area contributed by atoms with E-state index in [0.717, 1.165) is 18.9 Å². The molecule has 8 nitrogen and oxygen atoms in total. The van der Waals surface area contributed by atoms with Gasteiger partial charge in [-0.25, -0.2) is 13.9 Å². The van der Waals surface area contributed by atoms with Gasteiger partial charge in [-0.05, 0) is 38.8 Å². The summed E-state index contributed by atoms with van der Waals surface area (Å²) in [6, 6.07) is 3.92. The molecule has 0 aliphatic carbocycles. The molecule has 1 aromatic carbocycles. The number of hydrogen-bond donors (Lipinski definition) is 3. The zero-order chi connectivity index (χ0) is 26.0. The highest BCUT2D eigenvalue weighted by Gasteiger charge is 2.35. The molecule has 2 atom stereocenters. The standard InChI is InChI=1S/C24H28F4N6O2/c1-14(35)11-29-17-6-8-33(9-7-17)20-10-16(12-34-22(20)30-13-31-34)23(36)32-15(2)18-4-3-5-19(21(18)25)24(26,27)28/h3-5,10,12-15,17,29,35H,6-9,11H2,1-2H3,(H,32,36)/t14-,15+/m0/s1. The van der Waals surface area contributed by atoms with E-state index in [0.29, 0.717) is 37.0 Å². The molecule has 0 radical (unpaired) electrons. The van der Waals surface area contributed by atoms with Crippen LogP contribution in [0.5, 0.6) is 0 Å². The maximum absolute atomic E-state index is 14.6. The monoisotopic (exact) mass is 508 g/mol. The number of rotatable bonds is 7. The lowest BCUT2D eigenvalue weighted by molar-refractivity contribution is -0.140. The number of halogens is 4. The molecule has 4 rings (SSSR count). The number of aliphatic hydroxyl groups is 1. The maximum atomic E-state index is 14.6. The van der Waals surface area contributed by atoms with Gasteiger partial charge in [0.05, 0.1) is 29.0 Å². The predicted molar refractivity (Wildman–Crippen MR) is 125 cm³/mol. The first-order valence-electron chi connectivity index (χ1n) is 11.7. The number of alkyl halides is 3. The van der Waals surface area contributed by atoms with E-state index in [1.54, 1.807) is 13.0 Å². The van der Waals surface area contributed by atoms with Gasteiger partial charge in [-0.1, -0.05) is 12.1 Å². The molecule has 0 bridgehead atoms. The zero-order valence-electron chi connectivity index (χ0n) is 19.9. The number of piperidine rings is 1. The summed E-state index contributed by atoms with van der Waals surface area (Å²) in [6.45, 7) is 5.05. The van der Waals surface area contributed by atoms with Crippen LogP contribution in [0.15, 0.2) is 36.8 Å². The first-order chi connectivity index (χ1) is 17.0. The summed E-state index contributed by atoms with van der Waals surface area (Å²) in [4.78, 5) is 19.4. The van der Waals surface area contributed by atoms with Gasteiger partial charge in [0, 0.05) is 37.4 Å². The molecule has 2 aromatic heterocycles. The van der Waals surface area contributed by atoms with Crippen molar-refractivity contribution in [1.29, 1.82) is 0 Å². The second-order valence-electron chi connectivity index (χ2n) is 9.06. The van der Waals surface area contributed by atoms with Gasteiger partial charge < -0.3 is 20.6 Å². The van der Waals surface area contributed by atoms with Crippen molar-refractivity contribution in [2.45, 2.75) is 51.1 Å². The van der Waals surface area contributed by atoms with Gasteiger partial charge in [-0.15, -0.1) is 0 Å². The largest absolute Gasteiger partial charge is 0.419 e. The molecule has 1 fully saturated rings. The Kier molecular flexibility index (Phi) is 7.46. The van der Waals surface area contributed by atoms with E-state index in [4.69, 9.17) is 0 Å². The minimum atomic E-state index is -4.84. The molecular formula is C24H28F4N6O2. The number of carbonyl (C=O) groups is 1. The van der Waals surface area contributed by atoms with E-state index in [2.05, 4.69) is 25.6 Å². The van der Waals surface area contributed by atoms with Crippen molar-refractivity contribution in [1.82, 2.24) is 25.2 Å². The van der Waals surface area contributed by atoms with Crippen molar-refractivity contribution >= 4 is 17.2 Å². The number of nitrogens with one attached hydrogen (secondary N) is 2. The number of fused-ring (bicyclic) bond motifs is 1. The lowest BCUT2D eigenvalue weighted by Crippen LogP contribution is -2.44. The molecule has 3 aromatic rings. The molecule has 0 unspecified atom stereocenters. The maximum Gasteiger partial charge on any atom is 0.419 e. The Labute approximate surface area is 205 Å². The number of anilines is 1. The fourth-order valence-corrected chi connectivity index (χ4v) is 4.39. The molecule has 0 saturated carbocycles. The normalized spacial score (nSPS) is 16.8. The van der Waals surface area contributed by atoms with Crippen LogP contribution >= 0.6 is 0 Å². The van der Waals surface area contributed by atoms with Gasteiger partial charge in [0.25, 0.3) is 5.91 Å². The number of amides is 1. The Balaban J connectivity index is 1.53. The van der Waals surface area contributed by atoms with Crippen molar-refractivity contribution in [3.63, 3.8) is 0 Å². The van der Waals surface area contributed by atoms with Gasteiger partial charge >= 0.3 is 6.18 Å². The van der Waals surface area contributed by atoms with Gasteiger partial charge in [-0.3, -0.25) is 4.79 Å². The third-order valence-electron chi connectivity index (χ3n) is 6.30. The van der Waals surface area contributed by atoms with Crippen LogP contribution in [0.4, 0.5) is 23.2 Å². The fourth-order valence-electron chi connectivity index (χ4n) is 4.39. The van der Waals surface area contributed by atoms with Crippen molar-refractivity contribution < 1.29 is 27.5 Å². The van der Waals surface area contributed by atoms with Crippen LogP contribution in [0.1, 0.15) is 54.2 Å². The average molecular weight is 509 g/mol. The number of pyridine rings is 1. The number of aromatic nitrogens is 3. The summed E-state index contributed by atoms with van der Waals surface area (Å²) in [5.74, 6) is -1.98. The molecule has 1 amide bonds. The SMILES string of the molecule is C[C@H](O)CNC1CCN(c2cc(C(=O)N[C@H](C)c3cccc(C(F)(F)F)c3F)cn3ncnc23)CC1. The van der Waals surface area contributed by atoms with Crippen LogP contribution in [-0.2, 0) is 6.18 Å². The first kappa shape index (κ1) is 25.8. The number of nitrogens with zero attached hydrogens (tertiary/aromatic N) is 4. The molecule has 3 heterocycles. The van der Waals surface area contributed by atoms with E-state index in [-0.39, 0.29) is 17.2 Å². The molecule has 0 spiro atoms. The molecule has 1 saturated heterocycles. The minimum Gasteiger partial charge on any atom is -0.392 e. The van der Waals surface area contributed by atoms with Gasteiger partial charge in [0.2, 0.25) is 0 Å². The van der Waals surface area contributed by atoms with Crippen LogP contribution in [0.2, 0.25) is 0 Å². The lowest BCUT2D eigenvalue weighted by Gasteiger charge is -2.34. The van der Waals surface area contributed by atoms with Crippen LogP contribution in [0, 0.1) is 5.82 Å². The van der Waals surface area contributed by atoms with Crippen LogP contribution in [0.3, 0.4) is 0 Å². The average Bonchev–Trinajstić information content (AvgIpc) is 3.30. The van der Waals surface area contributed by atoms with Crippen molar-refractivity contribution in [3.05, 3.63) is 59.3 Å². The van der Waals surface area contributed by atoms with E-state index in [9.17, 15) is 27.5 Å². The van der Waals surface area contributed by atoms with Crippen LogP contribution in [-0.4, -0.2) is 57.4 Å². The first-order valence-corrected chi connectivity index (χ1v) is 11.7. The summed E-state index contributed by atoms with van der Waals surface area (Å²) < 4.78 is 55.3. The Morgan fingerprint density at radius 3 is 2.64 bits per heavy atom. The third kappa shape index (κ3) is 5.59. The van der Waals surface area contributed by atoms with Crippen LogP contribution < -0.4 is 15.5 Å². The second-order valence-corrected chi connectivity index (χ2v) is 9.06. The van der Waals surface area contributed by atoms with Gasteiger partial charge in [0.1, 0.15) is 12.1 Å². The van der Waals surface area contributed by atoms with E-state index < -0.39 is 35.6 Å². The number of aliphatic hydroxyl groups excluding tert-OH is 1. The molecule has 1 aliphatic heterocycles. The van der Waals surface area contributed by atoms with Crippen LogP contribution in [0.25, 0.3) is 5.65 Å². The minimum absolute atomic E-state index is 0.219. The van der Waals surface area contributed by atoms with Crippen molar-refractivity contribution in [2.24, 2.45) is 0 Å². The van der Waals surface area contributed by atoms with E-state index in [1.807, 2.05) is 0 Å². The molecule has 1 aliphatic rings. The highest BCUT2D eigenvalue weighted by Crippen LogP contribution is 2.34. The van der Waals surface area contributed by atoms with Crippen molar-refractivity contribution in [2.75, 3.05) is 24.5 Å². The van der Waals surface area contributed by atoms with Crippen molar-refractivity contribution in [3.8, 4) is 0 Å². The smallest absolute Gasteiger partial charge is 0.392 e. The summed E-state index contributed by atoms with van der Waals surface area (Å²) in [7, 11) is 0. The Morgan fingerprint density at radius 2 is 1.97 bits per heavy atom. The third-order valence-corrected chi connectivity index (χ3v) is 6.30. The summed E-state index contributed by atoms with van der Waals surface area (Å²) in [5, 5.41) is 19.6.